The molecule has 2 amide bonds. The number of hydrogen-bond acceptors (Lipinski definition) is 3. The minimum Gasteiger partial charge on any atom is -0.352 e. The number of hydrogen-bond donors (Lipinski definition) is 2. The van der Waals surface area contributed by atoms with Crippen LogP contribution in [0.1, 0.15) is 19.4 Å². The van der Waals surface area contributed by atoms with Gasteiger partial charge in [0.1, 0.15) is 6.54 Å². The Morgan fingerprint density at radius 2 is 2.11 bits per heavy atom. The average Bonchev–Trinajstić information content (AvgIpc) is 2.49. The van der Waals surface area contributed by atoms with E-state index < -0.39 is 0 Å². The second-order valence-corrected chi connectivity index (χ2v) is 4.93. The third-order valence-electron chi connectivity index (χ3n) is 2.93. The smallest absolute Gasteiger partial charge is 0.241 e. The summed E-state index contributed by atoms with van der Waals surface area (Å²) in [6.45, 7) is 4.76. The van der Waals surface area contributed by atoms with Crippen molar-refractivity contribution in [3.05, 3.63) is 29.8 Å². The number of carbonyl (C=O) groups excluding carboxylic acids is 2. The molecule has 1 aliphatic heterocycles. The van der Waals surface area contributed by atoms with E-state index in [2.05, 4.69) is 10.6 Å². The lowest BCUT2D eigenvalue weighted by Crippen LogP contribution is -2.44. The molecular formula is C14H19N3O2. The van der Waals surface area contributed by atoms with Crippen LogP contribution in [0.2, 0.25) is 0 Å². The number of nitrogens with zero attached hydrogens (tertiary/aromatic N) is 1. The first-order valence-electron chi connectivity index (χ1n) is 6.46. The predicted octanol–water partition coefficient (Wildman–Crippen LogP) is 0.647. The molecule has 0 saturated heterocycles. The van der Waals surface area contributed by atoms with Gasteiger partial charge in [-0.3, -0.25) is 9.59 Å². The van der Waals surface area contributed by atoms with Crippen molar-refractivity contribution in [2.75, 3.05) is 18.0 Å². The van der Waals surface area contributed by atoms with Crippen LogP contribution in [0.25, 0.3) is 0 Å². The number of amides is 2. The van der Waals surface area contributed by atoms with Gasteiger partial charge in [-0.05, 0) is 25.5 Å². The van der Waals surface area contributed by atoms with Crippen LogP contribution in [-0.4, -0.2) is 30.9 Å². The SMILES string of the molecule is CC(C)NC(=O)CN1C(=O)CNCc2ccccc21. The second kappa shape index (κ2) is 5.84. The molecule has 0 fully saturated rings. The van der Waals surface area contributed by atoms with Crippen LogP contribution in [0.15, 0.2) is 24.3 Å². The molecule has 0 saturated carbocycles. The van der Waals surface area contributed by atoms with E-state index >= 15 is 0 Å². The van der Waals surface area contributed by atoms with Crippen molar-refractivity contribution in [3.8, 4) is 0 Å². The molecule has 0 spiro atoms. The van der Waals surface area contributed by atoms with E-state index in [4.69, 9.17) is 0 Å². The maximum absolute atomic E-state index is 12.1. The number of benzene rings is 1. The Morgan fingerprint density at radius 1 is 1.37 bits per heavy atom. The fraction of sp³-hybridized carbons (Fsp3) is 0.429. The third kappa shape index (κ3) is 3.32. The zero-order valence-electron chi connectivity index (χ0n) is 11.3. The van der Waals surface area contributed by atoms with Crippen LogP contribution >= 0.6 is 0 Å². The normalized spacial score (nSPS) is 15.1. The summed E-state index contributed by atoms with van der Waals surface area (Å²) in [7, 11) is 0. The van der Waals surface area contributed by atoms with Crippen molar-refractivity contribution in [3.63, 3.8) is 0 Å². The molecule has 0 aliphatic carbocycles. The number of nitrogens with one attached hydrogen (secondary N) is 2. The molecule has 2 N–H and O–H groups in total. The zero-order chi connectivity index (χ0) is 13.8. The molecule has 1 aliphatic rings. The lowest BCUT2D eigenvalue weighted by atomic mass is 10.1. The van der Waals surface area contributed by atoms with Crippen LogP contribution in [0.5, 0.6) is 0 Å². The molecule has 0 bridgehead atoms. The van der Waals surface area contributed by atoms with Crippen molar-refractivity contribution in [1.29, 1.82) is 0 Å². The molecular weight excluding hydrogens is 242 g/mol. The fourth-order valence-electron chi connectivity index (χ4n) is 2.14. The Labute approximate surface area is 113 Å². The fourth-order valence-corrected chi connectivity index (χ4v) is 2.14. The minimum atomic E-state index is -0.139. The lowest BCUT2D eigenvalue weighted by molar-refractivity contribution is -0.123. The summed E-state index contributed by atoms with van der Waals surface area (Å²) < 4.78 is 0. The highest BCUT2D eigenvalue weighted by atomic mass is 16.2. The highest BCUT2D eigenvalue weighted by Gasteiger charge is 2.23. The second-order valence-electron chi connectivity index (χ2n) is 4.93. The van der Waals surface area contributed by atoms with Gasteiger partial charge in [0.25, 0.3) is 0 Å². The van der Waals surface area contributed by atoms with Crippen LogP contribution in [0.4, 0.5) is 5.69 Å². The summed E-state index contributed by atoms with van der Waals surface area (Å²) >= 11 is 0. The molecule has 0 unspecified atom stereocenters. The van der Waals surface area contributed by atoms with Gasteiger partial charge in [0.2, 0.25) is 11.8 Å². The average molecular weight is 261 g/mol. The molecule has 19 heavy (non-hydrogen) atoms. The van der Waals surface area contributed by atoms with Gasteiger partial charge in [-0.1, -0.05) is 18.2 Å². The summed E-state index contributed by atoms with van der Waals surface area (Å²) in [6.07, 6.45) is 0. The van der Waals surface area contributed by atoms with Crippen molar-refractivity contribution in [2.24, 2.45) is 0 Å². The first-order valence-corrected chi connectivity index (χ1v) is 6.46. The standard InChI is InChI=1S/C14H19N3O2/c1-10(2)16-13(18)9-17-12-6-4-3-5-11(12)7-15-8-14(17)19/h3-6,10,15H,7-9H2,1-2H3,(H,16,18). The van der Waals surface area contributed by atoms with Gasteiger partial charge in [0, 0.05) is 18.3 Å². The Bertz CT molecular complexity index is 485. The van der Waals surface area contributed by atoms with E-state index in [9.17, 15) is 9.59 Å². The van der Waals surface area contributed by atoms with Crippen molar-refractivity contribution in [2.45, 2.75) is 26.4 Å². The first kappa shape index (κ1) is 13.5. The van der Waals surface area contributed by atoms with Gasteiger partial charge in [-0.2, -0.15) is 0 Å². The summed E-state index contributed by atoms with van der Waals surface area (Å²) in [5, 5.41) is 5.88. The van der Waals surface area contributed by atoms with Crippen LogP contribution in [0.3, 0.4) is 0 Å². The number of para-hydroxylation sites is 1. The summed E-state index contributed by atoms with van der Waals surface area (Å²) in [6, 6.07) is 7.73. The maximum Gasteiger partial charge on any atom is 0.241 e. The highest BCUT2D eigenvalue weighted by Crippen LogP contribution is 2.22. The number of carbonyl (C=O) groups is 2. The number of anilines is 1. The van der Waals surface area contributed by atoms with Crippen LogP contribution in [-0.2, 0) is 16.1 Å². The van der Waals surface area contributed by atoms with E-state index in [0.717, 1.165) is 11.3 Å². The Hall–Kier alpha value is -1.88. The quantitative estimate of drug-likeness (QED) is 0.839. The Morgan fingerprint density at radius 3 is 2.84 bits per heavy atom. The van der Waals surface area contributed by atoms with Gasteiger partial charge >= 0.3 is 0 Å². The molecule has 0 radical (unpaired) electrons. The first-order chi connectivity index (χ1) is 9.08. The summed E-state index contributed by atoms with van der Waals surface area (Å²) in [5.74, 6) is -0.219. The van der Waals surface area contributed by atoms with E-state index in [1.807, 2.05) is 38.1 Å². The Kier molecular flexibility index (Phi) is 4.16. The van der Waals surface area contributed by atoms with E-state index in [1.165, 1.54) is 0 Å². The van der Waals surface area contributed by atoms with Gasteiger partial charge in [0.15, 0.2) is 0 Å². The Balaban J connectivity index is 2.21. The number of rotatable bonds is 3. The monoisotopic (exact) mass is 261 g/mol. The molecule has 1 aromatic carbocycles. The van der Waals surface area contributed by atoms with Gasteiger partial charge in [-0.15, -0.1) is 0 Å². The van der Waals surface area contributed by atoms with Crippen molar-refractivity contribution < 1.29 is 9.59 Å². The lowest BCUT2D eigenvalue weighted by Gasteiger charge is -2.22. The number of fused-ring (bicyclic) bond motifs is 1. The van der Waals surface area contributed by atoms with Crippen LogP contribution < -0.4 is 15.5 Å². The van der Waals surface area contributed by atoms with Gasteiger partial charge in [0.05, 0.1) is 6.54 Å². The van der Waals surface area contributed by atoms with Crippen molar-refractivity contribution >= 4 is 17.5 Å². The van der Waals surface area contributed by atoms with E-state index in [1.54, 1.807) is 4.90 Å². The van der Waals surface area contributed by atoms with Crippen LogP contribution in [0, 0.1) is 0 Å². The van der Waals surface area contributed by atoms with Crippen molar-refractivity contribution in [1.82, 2.24) is 10.6 Å². The largest absolute Gasteiger partial charge is 0.352 e. The third-order valence-corrected chi connectivity index (χ3v) is 2.93. The molecule has 0 aromatic heterocycles. The minimum absolute atomic E-state index is 0.0652. The zero-order valence-corrected chi connectivity index (χ0v) is 11.3. The predicted molar refractivity (Wildman–Crippen MR) is 73.8 cm³/mol. The maximum atomic E-state index is 12.1. The van der Waals surface area contributed by atoms with Gasteiger partial charge < -0.3 is 15.5 Å². The molecule has 5 nitrogen and oxygen atoms in total. The molecule has 1 heterocycles. The summed E-state index contributed by atoms with van der Waals surface area (Å²) in [5.41, 5.74) is 1.85. The van der Waals surface area contributed by atoms with E-state index in [-0.39, 0.29) is 30.9 Å². The molecule has 1 aromatic rings. The van der Waals surface area contributed by atoms with E-state index in [0.29, 0.717) is 6.54 Å². The topological polar surface area (TPSA) is 61.4 Å². The van der Waals surface area contributed by atoms with Gasteiger partial charge in [-0.25, -0.2) is 0 Å². The molecule has 2 rings (SSSR count). The molecule has 0 atom stereocenters. The molecule has 5 heteroatoms. The summed E-state index contributed by atoms with van der Waals surface area (Å²) in [4.78, 5) is 25.5. The highest BCUT2D eigenvalue weighted by molar-refractivity contribution is 6.00. The molecule has 102 valence electrons.